The van der Waals surface area contributed by atoms with E-state index < -0.39 is 5.97 Å². The molecule has 98 valence electrons. The maximum Gasteiger partial charge on any atom is 0.335 e. The molecule has 1 saturated carbocycles. The minimum absolute atomic E-state index is 0.182. The van der Waals surface area contributed by atoms with Gasteiger partial charge >= 0.3 is 5.97 Å². The maximum absolute atomic E-state index is 10.7. The molecule has 1 atom stereocenters. The molecule has 0 radical (unpaired) electrons. The molecule has 3 heteroatoms. The van der Waals surface area contributed by atoms with Gasteiger partial charge in [-0.3, -0.25) is 0 Å². The molecule has 1 fully saturated rings. The van der Waals surface area contributed by atoms with E-state index in [1.54, 1.807) is 12.1 Å². The van der Waals surface area contributed by atoms with E-state index in [9.17, 15) is 9.90 Å². The molecule has 0 aromatic heterocycles. The highest BCUT2D eigenvalue weighted by Gasteiger charge is 2.46. The van der Waals surface area contributed by atoms with Gasteiger partial charge in [0.05, 0.1) is 11.7 Å². The first kappa shape index (κ1) is 13.1. The molecule has 0 bridgehead atoms. The minimum Gasteiger partial charge on any atom is -0.478 e. The first-order valence-electron chi connectivity index (χ1n) is 6.58. The van der Waals surface area contributed by atoms with Gasteiger partial charge in [0.2, 0.25) is 0 Å². The molecule has 2 rings (SSSR count). The summed E-state index contributed by atoms with van der Waals surface area (Å²) in [6.07, 6.45) is 4.68. The Morgan fingerprint density at radius 2 is 1.94 bits per heavy atom. The van der Waals surface area contributed by atoms with Gasteiger partial charge in [0, 0.05) is 0 Å². The lowest BCUT2D eigenvalue weighted by atomic mass is 9.91. The lowest BCUT2D eigenvalue weighted by Gasteiger charge is -2.20. The Hall–Kier alpha value is -1.35. The number of rotatable bonds is 6. The standard InChI is InChI=1S/C15H20O3/c1-2-15(9-10-15)13(16)8-5-11-3-6-12(7-4-11)14(17)18/h3-4,6-7,13,16H,2,5,8-10H2,1H3,(H,17,18)/t13-/m0/s1. The number of aromatic carboxylic acids is 1. The van der Waals surface area contributed by atoms with Gasteiger partial charge in [-0.05, 0) is 55.2 Å². The van der Waals surface area contributed by atoms with Crippen molar-refractivity contribution in [3.05, 3.63) is 35.4 Å². The van der Waals surface area contributed by atoms with Crippen LogP contribution >= 0.6 is 0 Å². The zero-order chi connectivity index (χ0) is 13.2. The quantitative estimate of drug-likeness (QED) is 0.813. The number of aryl methyl sites for hydroxylation is 1. The van der Waals surface area contributed by atoms with Gasteiger partial charge in [0.15, 0.2) is 0 Å². The number of benzene rings is 1. The van der Waals surface area contributed by atoms with Crippen LogP contribution in [0.3, 0.4) is 0 Å². The Kier molecular flexibility index (Phi) is 3.71. The molecule has 0 saturated heterocycles. The fraction of sp³-hybridized carbons (Fsp3) is 0.533. The van der Waals surface area contributed by atoms with E-state index in [4.69, 9.17) is 5.11 Å². The summed E-state index contributed by atoms with van der Waals surface area (Å²) in [7, 11) is 0. The average molecular weight is 248 g/mol. The maximum atomic E-state index is 10.7. The van der Waals surface area contributed by atoms with E-state index in [2.05, 4.69) is 6.92 Å². The summed E-state index contributed by atoms with van der Waals surface area (Å²) in [4.78, 5) is 10.7. The molecule has 0 aliphatic heterocycles. The summed E-state index contributed by atoms with van der Waals surface area (Å²) < 4.78 is 0. The fourth-order valence-corrected chi connectivity index (χ4v) is 2.51. The summed E-state index contributed by atoms with van der Waals surface area (Å²) >= 11 is 0. The van der Waals surface area contributed by atoms with Crippen molar-refractivity contribution in [1.29, 1.82) is 0 Å². The second-order valence-corrected chi connectivity index (χ2v) is 5.27. The number of aliphatic hydroxyl groups excluding tert-OH is 1. The molecule has 2 N–H and O–H groups in total. The average Bonchev–Trinajstić information content (AvgIpc) is 3.17. The molecule has 0 amide bonds. The van der Waals surface area contributed by atoms with Crippen molar-refractivity contribution in [2.24, 2.45) is 5.41 Å². The zero-order valence-electron chi connectivity index (χ0n) is 10.7. The van der Waals surface area contributed by atoms with Crippen LogP contribution in [-0.4, -0.2) is 22.3 Å². The smallest absolute Gasteiger partial charge is 0.335 e. The van der Waals surface area contributed by atoms with Crippen LogP contribution in [0.4, 0.5) is 0 Å². The first-order valence-corrected chi connectivity index (χ1v) is 6.58. The largest absolute Gasteiger partial charge is 0.478 e. The van der Waals surface area contributed by atoms with Crippen LogP contribution < -0.4 is 0 Å². The molecular weight excluding hydrogens is 228 g/mol. The number of carboxylic acid groups (broad SMARTS) is 1. The van der Waals surface area contributed by atoms with Gasteiger partial charge in [-0.2, -0.15) is 0 Å². The van der Waals surface area contributed by atoms with Crippen LogP contribution in [0.5, 0.6) is 0 Å². The third-order valence-electron chi connectivity index (χ3n) is 4.21. The topological polar surface area (TPSA) is 57.5 Å². The van der Waals surface area contributed by atoms with Crippen molar-refractivity contribution in [2.45, 2.75) is 45.1 Å². The summed E-state index contributed by atoms with van der Waals surface area (Å²) in [5.74, 6) is -0.899. The summed E-state index contributed by atoms with van der Waals surface area (Å²) in [5.41, 5.74) is 1.58. The Bertz CT molecular complexity index is 418. The third kappa shape index (κ3) is 2.72. The summed E-state index contributed by atoms with van der Waals surface area (Å²) in [5, 5.41) is 19.0. The van der Waals surface area contributed by atoms with E-state index in [1.165, 1.54) is 0 Å². The number of hydrogen-bond acceptors (Lipinski definition) is 2. The van der Waals surface area contributed by atoms with Crippen LogP contribution in [0.2, 0.25) is 0 Å². The van der Waals surface area contributed by atoms with E-state index in [0.29, 0.717) is 5.56 Å². The Balaban J connectivity index is 1.88. The monoisotopic (exact) mass is 248 g/mol. The van der Waals surface area contributed by atoms with Crippen molar-refractivity contribution >= 4 is 5.97 Å². The normalized spacial score (nSPS) is 18.3. The van der Waals surface area contributed by atoms with Gasteiger partial charge < -0.3 is 10.2 Å². The predicted molar refractivity (Wildman–Crippen MR) is 69.7 cm³/mol. The third-order valence-corrected chi connectivity index (χ3v) is 4.21. The van der Waals surface area contributed by atoms with Gasteiger partial charge in [-0.1, -0.05) is 19.1 Å². The Morgan fingerprint density at radius 1 is 1.33 bits per heavy atom. The second-order valence-electron chi connectivity index (χ2n) is 5.27. The van der Waals surface area contributed by atoms with Crippen LogP contribution in [0.1, 0.15) is 48.5 Å². The van der Waals surface area contributed by atoms with Crippen LogP contribution in [0.25, 0.3) is 0 Å². The van der Waals surface area contributed by atoms with E-state index in [-0.39, 0.29) is 11.5 Å². The molecule has 1 aliphatic carbocycles. The number of hydrogen-bond donors (Lipinski definition) is 2. The highest BCUT2D eigenvalue weighted by atomic mass is 16.4. The second kappa shape index (κ2) is 5.11. The molecule has 0 unspecified atom stereocenters. The molecule has 1 aromatic rings. The lowest BCUT2D eigenvalue weighted by molar-refractivity contribution is 0.0696. The van der Waals surface area contributed by atoms with Crippen molar-refractivity contribution in [1.82, 2.24) is 0 Å². The molecule has 1 aliphatic rings. The van der Waals surface area contributed by atoms with Crippen LogP contribution in [0.15, 0.2) is 24.3 Å². The van der Waals surface area contributed by atoms with Gasteiger partial charge in [0.1, 0.15) is 0 Å². The summed E-state index contributed by atoms with van der Waals surface area (Å²) in [6.45, 7) is 2.14. The lowest BCUT2D eigenvalue weighted by Crippen LogP contribution is -2.21. The van der Waals surface area contributed by atoms with Crippen molar-refractivity contribution in [3.8, 4) is 0 Å². The van der Waals surface area contributed by atoms with Gasteiger partial charge in [-0.15, -0.1) is 0 Å². The predicted octanol–water partition coefficient (Wildman–Crippen LogP) is 2.87. The number of carbonyl (C=O) groups is 1. The van der Waals surface area contributed by atoms with Crippen molar-refractivity contribution in [2.75, 3.05) is 0 Å². The molecule has 3 nitrogen and oxygen atoms in total. The van der Waals surface area contributed by atoms with Crippen LogP contribution in [0, 0.1) is 5.41 Å². The Labute approximate surface area is 107 Å². The number of aliphatic hydroxyl groups is 1. The molecule has 1 aromatic carbocycles. The highest BCUT2D eigenvalue weighted by molar-refractivity contribution is 5.87. The minimum atomic E-state index is -0.899. The van der Waals surface area contributed by atoms with E-state index >= 15 is 0 Å². The SMILES string of the molecule is CCC1([C@@H](O)CCc2ccc(C(=O)O)cc2)CC1. The first-order chi connectivity index (χ1) is 8.57. The van der Waals surface area contributed by atoms with Crippen LogP contribution in [-0.2, 0) is 6.42 Å². The van der Waals surface area contributed by atoms with Gasteiger partial charge in [0.25, 0.3) is 0 Å². The molecule has 0 heterocycles. The molecule has 0 spiro atoms. The van der Waals surface area contributed by atoms with Crippen molar-refractivity contribution < 1.29 is 15.0 Å². The molecular formula is C15H20O3. The fourth-order valence-electron chi connectivity index (χ4n) is 2.51. The molecule has 18 heavy (non-hydrogen) atoms. The van der Waals surface area contributed by atoms with E-state index in [0.717, 1.165) is 37.7 Å². The van der Waals surface area contributed by atoms with Crippen molar-refractivity contribution in [3.63, 3.8) is 0 Å². The van der Waals surface area contributed by atoms with Gasteiger partial charge in [-0.25, -0.2) is 4.79 Å². The highest BCUT2D eigenvalue weighted by Crippen LogP contribution is 2.52. The summed E-state index contributed by atoms with van der Waals surface area (Å²) in [6, 6.07) is 6.91. The number of carboxylic acids is 1. The zero-order valence-corrected chi connectivity index (χ0v) is 10.7. The Morgan fingerprint density at radius 3 is 2.39 bits per heavy atom. The van der Waals surface area contributed by atoms with E-state index in [1.807, 2.05) is 12.1 Å².